The molecule has 1 aromatic heterocycles. The molecular weight excluding hydrogens is 559 g/mol. The normalized spacial score (nSPS) is 21.8. The number of halogens is 6. The number of benzene rings is 1. The van der Waals surface area contributed by atoms with E-state index in [1.807, 2.05) is 5.32 Å². The number of aromatic nitrogens is 1. The number of fused-ring (bicyclic) bond motifs is 2. The van der Waals surface area contributed by atoms with E-state index in [-0.39, 0.29) is 45.9 Å². The van der Waals surface area contributed by atoms with Gasteiger partial charge < -0.3 is 20.3 Å². The maximum absolute atomic E-state index is 13.1. The number of piperidine rings is 1. The van der Waals surface area contributed by atoms with Gasteiger partial charge in [0.1, 0.15) is 17.6 Å². The molecule has 0 aliphatic carbocycles. The summed E-state index contributed by atoms with van der Waals surface area (Å²) in [6.45, 7) is 4.01. The molecule has 0 spiro atoms. The van der Waals surface area contributed by atoms with E-state index in [1.165, 1.54) is 24.4 Å². The molecule has 2 bridgehead atoms. The second-order valence-corrected chi connectivity index (χ2v) is 11.1. The van der Waals surface area contributed by atoms with Crippen molar-refractivity contribution in [3.8, 4) is 5.75 Å². The lowest BCUT2D eigenvalue weighted by Crippen LogP contribution is -2.55. The molecule has 3 heterocycles. The van der Waals surface area contributed by atoms with E-state index in [0.29, 0.717) is 18.7 Å². The summed E-state index contributed by atoms with van der Waals surface area (Å²) in [5.74, 6) is -0.495. The van der Waals surface area contributed by atoms with E-state index in [9.17, 15) is 31.5 Å². The minimum Gasteiger partial charge on any atom is -0.476 e. The van der Waals surface area contributed by atoms with Gasteiger partial charge in [-0.05, 0) is 76.8 Å². The molecule has 0 saturated carbocycles. The van der Waals surface area contributed by atoms with E-state index in [4.69, 9.17) is 16.3 Å². The second-order valence-electron chi connectivity index (χ2n) is 10.7. The van der Waals surface area contributed by atoms with Crippen molar-refractivity contribution >= 4 is 29.2 Å². The number of pyridine rings is 1. The van der Waals surface area contributed by atoms with Crippen molar-refractivity contribution in [2.75, 3.05) is 4.90 Å². The predicted octanol–water partition coefficient (Wildman–Crippen LogP) is 5.83. The maximum Gasteiger partial charge on any atom is 0.408 e. The number of anilines is 1. The fourth-order valence-corrected chi connectivity index (χ4v) is 5.35. The van der Waals surface area contributed by atoms with Crippen LogP contribution in [0.1, 0.15) is 68.8 Å². The van der Waals surface area contributed by atoms with Crippen molar-refractivity contribution in [2.24, 2.45) is 0 Å². The third kappa shape index (κ3) is 6.59. The topological polar surface area (TPSA) is 83.6 Å². The molecule has 2 aromatic rings. The number of carbonyl (C=O) groups is 2. The lowest BCUT2D eigenvalue weighted by atomic mass is 9.96. The highest BCUT2D eigenvalue weighted by atomic mass is 35.5. The van der Waals surface area contributed by atoms with Crippen molar-refractivity contribution in [2.45, 2.75) is 88.8 Å². The van der Waals surface area contributed by atoms with Gasteiger partial charge in [0.05, 0.1) is 10.6 Å². The molecule has 2 aliphatic rings. The van der Waals surface area contributed by atoms with Gasteiger partial charge in [0, 0.05) is 29.9 Å². The molecule has 7 nitrogen and oxygen atoms in total. The molecule has 1 aromatic carbocycles. The number of amides is 2. The Morgan fingerprint density at radius 3 is 2.27 bits per heavy atom. The lowest BCUT2D eigenvalue weighted by Gasteiger charge is -2.40. The molecule has 3 atom stereocenters. The van der Waals surface area contributed by atoms with Crippen LogP contribution in [0.2, 0.25) is 5.02 Å². The number of nitrogens with one attached hydrogen (secondary N) is 2. The summed E-state index contributed by atoms with van der Waals surface area (Å²) in [5.41, 5.74) is -1.54. The minimum absolute atomic E-state index is 0.0177. The fourth-order valence-electron chi connectivity index (χ4n) is 5.12. The quantitative estimate of drug-likeness (QED) is 0.379. The molecule has 2 unspecified atom stereocenters. The monoisotopic (exact) mass is 588 g/mol. The first-order valence-corrected chi connectivity index (χ1v) is 13.2. The SMILES string of the molecule is C[C@H](NC(=O)c1ccc(N2C3CCC2CC(NC(=O)C(C)(C)Oc2ccc(C(F)F)cc2Cl)C3)nc1)C(F)(F)F. The van der Waals surface area contributed by atoms with Gasteiger partial charge in [-0.3, -0.25) is 9.59 Å². The second kappa shape index (κ2) is 11.4. The Balaban J connectivity index is 1.36. The van der Waals surface area contributed by atoms with Crippen molar-refractivity contribution < 1.29 is 36.3 Å². The van der Waals surface area contributed by atoms with Gasteiger partial charge in [-0.1, -0.05) is 11.6 Å². The Labute approximate surface area is 233 Å². The highest BCUT2D eigenvalue weighted by Crippen LogP contribution is 2.39. The zero-order valence-corrected chi connectivity index (χ0v) is 22.8. The van der Waals surface area contributed by atoms with Gasteiger partial charge in [0.2, 0.25) is 0 Å². The van der Waals surface area contributed by atoms with Crippen LogP contribution in [0, 0.1) is 0 Å². The molecule has 2 N–H and O–H groups in total. The Kier molecular flexibility index (Phi) is 8.49. The molecule has 2 aliphatic heterocycles. The van der Waals surface area contributed by atoms with Crippen LogP contribution in [-0.2, 0) is 4.79 Å². The molecule has 2 amide bonds. The van der Waals surface area contributed by atoms with E-state index in [2.05, 4.69) is 15.2 Å². The molecule has 13 heteroatoms. The number of carbonyl (C=O) groups excluding carboxylic acids is 2. The largest absolute Gasteiger partial charge is 0.476 e. The van der Waals surface area contributed by atoms with Crippen LogP contribution in [0.15, 0.2) is 36.5 Å². The molecule has 2 fully saturated rings. The summed E-state index contributed by atoms with van der Waals surface area (Å²) in [5, 5.41) is 4.94. The van der Waals surface area contributed by atoms with Gasteiger partial charge in [-0.25, -0.2) is 13.8 Å². The van der Waals surface area contributed by atoms with E-state index >= 15 is 0 Å². The summed E-state index contributed by atoms with van der Waals surface area (Å²) in [4.78, 5) is 31.8. The molecular formula is C27H30ClF5N4O3. The highest BCUT2D eigenvalue weighted by Gasteiger charge is 2.43. The standard InChI is InChI=1S/C27H30ClF5N4O3/c1-14(27(31,32)33)35-24(38)16-5-9-22(34-13-16)37-18-6-7-19(37)12-17(11-18)36-25(39)26(2,3)40-21-8-4-15(23(29)30)10-20(21)28/h4-5,8-10,13-14,17-19,23H,6-7,11-12H2,1-3H3,(H,35,38)(H,36,39)/t14-,17?,18?,19?/m0/s1. The Morgan fingerprint density at radius 1 is 1.10 bits per heavy atom. The van der Waals surface area contributed by atoms with E-state index in [1.54, 1.807) is 19.9 Å². The van der Waals surface area contributed by atoms with E-state index in [0.717, 1.165) is 25.8 Å². The molecule has 218 valence electrons. The number of hydrogen-bond acceptors (Lipinski definition) is 5. The van der Waals surface area contributed by atoms with Crippen LogP contribution in [0.3, 0.4) is 0 Å². The van der Waals surface area contributed by atoms with Crippen LogP contribution < -0.4 is 20.3 Å². The average molecular weight is 589 g/mol. The summed E-state index contributed by atoms with van der Waals surface area (Å²) in [6, 6.07) is 4.71. The summed E-state index contributed by atoms with van der Waals surface area (Å²) in [7, 11) is 0. The number of rotatable bonds is 8. The third-order valence-corrected chi connectivity index (χ3v) is 7.60. The number of ether oxygens (including phenoxy) is 1. The van der Waals surface area contributed by atoms with Gasteiger partial charge >= 0.3 is 6.18 Å². The van der Waals surface area contributed by atoms with Crippen LogP contribution in [0.25, 0.3) is 0 Å². The number of alkyl halides is 5. The Hall–Kier alpha value is -3.15. The van der Waals surface area contributed by atoms with Crippen molar-refractivity contribution in [1.82, 2.24) is 15.6 Å². The van der Waals surface area contributed by atoms with Crippen molar-refractivity contribution in [3.63, 3.8) is 0 Å². The van der Waals surface area contributed by atoms with Gasteiger partial charge in [-0.2, -0.15) is 13.2 Å². The number of hydrogen-bond donors (Lipinski definition) is 2. The van der Waals surface area contributed by atoms with Crippen LogP contribution in [-0.4, -0.2) is 52.7 Å². The van der Waals surface area contributed by atoms with Crippen molar-refractivity contribution in [1.29, 1.82) is 0 Å². The first kappa shape index (κ1) is 29.8. The molecule has 0 radical (unpaired) electrons. The highest BCUT2D eigenvalue weighted by molar-refractivity contribution is 6.32. The number of nitrogens with zero attached hydrogens (tertiary/aromatic N) is 2. The van der Waals surface area contributed by atoms with Crippen LogP contribution in [0.4, 0.5) is 27.8 Å². The zero-order chi connectivity index (χ0) is 29.4. The first-order chi connectivity index (χ1) is 18.7. The molecule has 40 heavy (non-hydrogen) atoms. The van der Waals surface area contributed by atoms with Gasteiger partial charge in [0.15, 0.2) is 5.60 Å². The van der Waals surface area contributed by atoms with Gasteiger partial charge in [0.25, 0.3) is 18.2 Å². The smallest absolute Gasteiger partial charge is 0.408 e. The minimum atomic E-state index is -4.54. The third-order valence-electron chi connectivity index (χ3n) is 7.30. The summed E-state index contributed by atoms with van der Waals surface area (Å²) >= 11 is 6.10. The first-order valence-electron chi connectivity index (χ1n) is 12.8. The van der Waals surface area contributed by atoms with E-state index < -0.39 is 30.2 Å². The van der Waals surface area contributed by atoms with Crippen LogP contribution in [0.5, 0.6) is 5.75 Å². The Morgan fingerprint density at radius 2 is 1.75 bits per heavy atom. The predicted molar refractivity (Wildman–Crippen MR) is 139 cm³/mol. The van der Waals surface area contributed by atoms with Crippen LogP contribution >= 0.6 is 11.6 Å². The fraction of sp³-hybridized carbons (Fsp3) is 0.519. The average Bonchev–Trinajstić information content (AvgIpc) is 3.14. The zero-order valence-electron chi connectivity index (χ0n) is 22.1. The maximum atomic E-state index is 13.1. The Bertz CT molecular complexity index is 1230. The summed E-state index contributed by atoms with van der Waals surface area (Å²) in [6.07, 6.45) is -2.95. The van der Waals surface area contributed by atoms with Gasteiger partial charge in [-0.15, -0.1) is 0 Å². The van der Waals surface area contributed by atoms with Crippen molar-refractivity contribution in [3.05, 3.63) is 52.7 Å². The lowest BCUT2D eigenvalue weighted by molar-refractivity contribution is -0.149. The molecule has 4 rings (SSSR count). The summed E-state index contributed by atoms with van der Waals surface area (Å²) < 4.78 is 69.9. The molecule has 2 saturated heterocycles.